The van der Waals surface area contributed by atoms with Crippen molar-refractivity contribution >= 4 is 40.5 Å². The van der Waals surface area contributed by atoms with Crippen molar-refractivity contribution < 1.29 is 0 Å². The molecule has 0 aliphatic heterocycles. The normalized spacial score (nSPS) is 10.4. The van der Waals surface area contributed by atoms with Gasteiger partial charge in [0.15, 0.2) is 0 Å². The van der Waals surface area contributed by atoms with Gasteiger partial charge in [0.05, 0.1) is 21.4 Å². The lowest BCUT2D eigenvalue weighted by molar-refractivity contribution is 1.33. The second kappa shape index (κ2) is 4.50. The predicted octanol–water partition coefficient (Wildman–Crippen LogP) is 4.29. The lowest BCUT2D eigenvalue weighted by atomic mass is 10.1. The van der Waals surface area contributed by atoms with Gasteiger partial charge in [0.2, 0.25) is 0 Å². The van der Waals surface area contributed by atoms with Crippen LogP contribution in [0.5, 0.6) is 0 Å². The summed E-state index contributed by atoms with van der Waals surface area (Å²) in [5.41, 5.74) is 7.57. The van der Waals surface area contributed by atoms with E-state index in [0.717, 1.165) is 0 Å². The van der Waals surface area contributed by atoms with Gasteiger partial charge < -0.3 is 5.73 Å². The van der Waals surface area contributed by atoms with Crippen LogP contribution in [0.4, 0.5) is 5.69 Å². The summed E-state index contributed by atoms with van der Waals surface area (Å²) in [5.74, 6) is 0. The van der Waals surface area contributed by atoms with Crippen molar-refractivity contribution in [3.05, 3.63) is 45.5 Å². The van der Waals surface area contributed by atoms with E-state index >= 15 is 0 Å². The Balaban J connectivity index is 2.62. The number of nitrogens with two attached hydrogens (primary N) is 1. The zero-order valence-corrected chi connectivity index (χ0v) is 10.3. The van der Waals surface area contributed by atoms with E-state index < -0.39 is 0 Å². The number of nitrogens with zero attached hydrogens (tertiary/aromatic N) is 1. The molecule has 2 aromatic rings. The van der Waals surface area contributed by atoms with Gasteiger partial charge in [0.25, 0.3) is 0 Å². The molecule has 0 saturated heterocycles. The Hall–Kier alpha value is -0.960. The van der Waals surface area contributed by atoms with Crippen LogP contribution in [0.3, 0.4) is 0 Å². The van der Waals surface area contributed by atoms with Crippen LogP contribution in [0, 0.1) is 0 Å². The van der Waals surface area contributed by atoms with E-state index in [4.69, 9.17) is 40.5 Å². The first-order valence-corrected chi connectivity index (χ1v) is 5.58. The number of hydrogen-bond donors (Lipinski definition) is 1. The summed E-state index contributed by atoms with van der Waals surface area (Å²) in [5, 5.41) is 1.61. The van der Waals surface area contributed by atoms with Gasteiger partial charge >= 0.3 is 0 Å². The first-order valence-electron chi connectivity index (χ1n) is 4.44. The van der Waals surface area contributed by atoms with E-state index in [2.05, 4.69) is 4.98 Å². The molecule has 0 unspecified atom stereocenters. The number of rotatable bonds is 1. The zero-order chi connectivity index (χ0) is 11.7. The minimum Gasteiger partial charge on any atom is -0.397 e. The average Bonchev–Trinajstić information content (AvgIpc) is 2.22. The molecular weight excluding hydrogens is 266 g/mol. The third kappa shape index (κ3) is 2.24. The van der Waals surface area contributed by atoms with Gasteiger partial charge in [-0.15, -0.1) is 0 Å². The Morgan fingerprint density at radius 1 is 1.00 bits per heavy atom. The summed E-state index contributed by atoms with van der Waals surface area (Å²) in [7, 11) is 0. The van der Waals surface area contributed by atoms with Crippen LogP contribution < -0.4 is 5.73 Å². The van der Waals surface area contributed by atoms with Gasteiger partial charge in [0, 0.05) is 16.8 Å². The molecule has 0 aliphatic carbocycles. The van der Waals surface area contributed by atoms with E-state index in [1.807, 2.05) is 0 Å². The average molecular weight is 274 g/mol. The first kappa shape index (κ1) is 11.5. The number of pyridine rings is 1. The second-order valence-corrected chi connectivity index (χ2v) is 4.50. The maximum Gasteiger partial charge on any atom is 0.0947 e. The molecule has 2 rings (SSSR count). The highest BCUT2D eigenvalue weighted by molar-refractivity contribution is 6.35. The summed E-state index contributed by atoms with van der Waals surface area (Å²) >= 11 is 17.7. The fraction of sp³-hybridized carbons (Fsp3) is 0. The summed E-state index contributed by atoms with van der Waals surface area (Å²) in [4.78, 5) is 4.15. The lowest BCUT2D eigenvalue weighted by Gasteiger charge is -2.07. The Labute approximate surface area is 108 Å². The van der Waals surface area contributed by atoms with Crippen molar-refractivity contribution in [3.8, 4) is 11.3 Å². The molecule has 0 fully saturated rings. The van der Waals surface area contributed by atoms with Crippen molar-refractivity contribution in [2.45, 2.75) is 0 Å². The minimum atomic E-state index is 0.469. The largest absolute Gasteiger partial charge is 0.397 e. The number of hydrogen-bond acceptors (Lipinski definition) is 2. The number of halogens is 3. The maximum absolute atomic E-state index is 6.06. The Kier molecular flexibility index (Phi) is 3.24. The molecule has 0 aliphatic rings. The molecule has 0 spiro atoms. The topological polar surface area (TPSA) is 38.9 Å². The van der Waals surface area contributed by atoms with Crippen LogP contribution in [0.1, 0.15) is 0 Å². The number of nitrogen functional groups attached to an aromatic ring is 1. The third-order valence-corrected chi connectivity index (χ3v) is 2.84. The van der Waals surface area contributed by atoms with Crippen LogP contribution in [0.25, 0.3) is 11.3 Å². The Morgan fingerprint density at radius 2 is 1.75 bits per heavy atom. The van der Waals surface area contributed by atoms with Crippen LogP contribution in [-0.4, -0.2) is 4.98 Å². The summed E-state index contributed by atoms with van der Waals surface area (Å²) in [6.45, 7) is 0. The third-order valence-electron chi connectivity index (χ3n) is 2.07. The van der Waals surface area contributed by atoms with E-state index in [0.29, 0.717) is 32.0 Å². The van der Waals surface area contributed by atoms with E-state index in [1.165, 1.54) is 6.20 Å². The van der Waals surface area contributed by atoms with E-state index in [9.17, 15) is 0 Å². The van der Waals surface area contributed by atoms with Crippen molar-refractivity contribution in [1.29, 1.82) is 0 Å². The quantitative estimate of drug-likeness (QED) is 0.842. The second-order valence-electron chi connectivity index (χ2n) is 3.22. The smallest absolute Gasteiger partial charge is 0.0947 e. The highest BCUT2D eigenvalue weighted by atomic mass is 35.5. The van der Waals surface area contributed by atoms with E-state index in [1.54, 1.807) is 24.3 Å². The van der Waals surface area contributed by atoms with Gasteiger partial charge in [-0.1, -0.05) is 34.8 Å². The van der Waals surface area contributed by atoms with Gasteiger partial charge in [-0.2, -0.15) is 0 Å². The fourth-order valence-corrected chi connectivity index (χ4v) is 1.90. The van der Waals surface area contributed by atoms with Crippen molar-refractivity contribution in [3.63, 3.8) is 0 Å². The van der Waals surface area contributed by atoms with Gasteiger partial charge in [-0.3, -0.25) is 4.98 Å². The standard InChI is InChI=1S/C11H7Cl3N2/c12-6-1-2-9(14)8(3-6)11-10(15)4-7(13)5-16-11/h1-5H,15H2. The van der Waals surface area contributed by atoms with Gasteiger partial charge in [-0.25, -0.2) is 0 Å². The highest BCUT2D eigenvalue weighted by Crippen LogP contribution is 2.33. The van der Waals surface area contributed by atoms with Gasteiger partial charge in [-0.05, 0) is 24.3 Å². The molecule has 2 nitrogen and oxygen atoms in total. The SMILES string of the molecule is Nc1cc(Cl)cnc1-c1cc(Cl)ccc1Cl. The summed E-state index contributed by atoms with van der Waals surface area (Å²) in [6, 6.07) is 6.76. The molecular formula is C11H7Cl3N2. The van der Waals surface area contributed by atoms with Crippen molar-refractivity contribution in [2.24, 2.45) is 0 Å². The monoisotopic (exact) mass is 272 g/mol. The van der Waals surface area contributed by atoms with Crippen LogP contribution >= 0.6 is 34.8 Å². The Morgan fingerprint density at radius 3 is 2.44 bits per heavy atom. The molecule has 1 aromatic heterocycles. The lowest BCUT2D eigenvalue weighted by Crippen LogP contribution is -1.93. The number of anilines is 1. The molecule has 0 radical (unpaired) electrons. The molecule has 1 heterocycles. The summed E-state index contributed by atoms with van der Waals surface area (Å²) < 4.78 is 0. The molecule has 1 aromatic carbocycles. The molecule has 0 bridgehead atoms. The number of benzene rings is 1. The Bertz CT molecular complexity index is 541. The maximum atomic E-state index is 6.06. The molecule has 0 amide bonds. The van der Waals surface area contributed by atoms with E-state index in [-0.39, 0.29) is 0 Å². The van der Waals surface area contributed by atoms with Crippen LogP contribution in [0.15, 0.2) is 30.5 Å². The van der Waals surface area contributed by atoms with Crippen molar-refractivity contribution in [2.75, 3.05) is 5.73 Å². The molecule has 0 atom stereocenters. The fourth-order valence-electron chi connectivity index (χ4n) is 1.36. The van der Waals surface area contributed by atoms with Crippen molar-refractivity contribution in [1.82, 2.24) is 4.98 Å². The van der Waals surface area contributed by atoms with Gasteiger partial charge in [0.1, 0.15) is 0 Å². The van der Waals surface area contributed by atoms with Crippen LogP contribution in [-0.2, 0) is 0 Å². The molecule has 5 heteroatoms. The minimum absolute atomic E-state index is 0.469. The van der Waals surface area contributed by atoms with Crippen LogP contribution in [0.2, 0.25) is 15.1 Å². The summed E-state index contributed by atoms with van der Waals surface area (Å²) in [6.07, 6.45) is 1.52. The predicted molar refractivity (Wildman–Crippen MR) is 69.1 cm³/mol. The molecule has 16 heavy (non-hydrogen) atoms. The molecule has 82 valence electrons. The molecule has 0 saturated carbocycles. The first-order chi connectivity index (χ1) is 7.58. The zero-order valence-electron chi connectivity index (χ0n) is 8.05. The highest BCUT2D eigenvalue weighted by Gasteiger charge is 2.09. The number of aromatic nitrogens is 1. The molecule has 2 N–H and O–H groups in total.